The molecule has 0 aliphatic carbocycles. The van der Waals surface area contributed by atoms with Gasteiger partial charge >= 0.3 is 6.18 Å². The van der Waals surface area contributed by atoms with Gasteiger partial charge in [-0.05, 0) is 45.3 Å². The third-order valence-corrected chi connectivity index (χ3v) is 7.74. The molecule has 4 N–H and O–H groups in total. The lowest BCUT2D eigenvalue weighted by Crippen LogP contribution is -2.40. The Morgan fingerprint density at radius 2 is 1.46 bits per heavy atom. The molecule has 13 heteroatoms. The van der Waals surface area contributed by atoms with Crippen LogP contribution >= 0.6 is 0 Å². The number of guanidine groups is 1. The number of aromatic amines is 1. The van der Waals surface area contributed by atoms with Gasteiger partial charge < -0.3 is 15.5 Å². The van der Waals surface area contributed by atoms with E-state index in [1.165, 1.54) is 13.1 Å². The minimum atomic E-state index is -4.71. The number of nitrogens with two attached hydrogens (primary N) is 1. The van der Waals surface area contributed by atoms with Crippen molar-refractivity contribution in [3.05, 3.63) is 143 Å². The average molecular weight is 625 g/mol. The van der Waals surface area contributed by atoms with E-state index < -0.39 is 29.1 Å². The maximum absolute atomic E-state index is 14.0. The first kappa shape index (κ1) is 30.1. The number of aromatic nitrogens is 5. The van der Waals surface area contributed by atoms with Crippen LogP contribution in [0.3, 0.4) is 0 Å². The molecule has 232 valence electrons. The number of benzene rings is 4. The SMILES string of the molecule is CN(C(=N)N)C(=O)c1cc2c(C(F)(F)F)ccc(OCc3nnnn3C(c3ccccc3)(c3ccccc3)c3ccccc3)c2[nH]1. The van der Waals surface area contributed by atoms with E-state index in [0.717, 1.165) is 33.7 Å². The van der Waals surface area contributed by atoms with Gasteiger partial charge in [0.05, 0.1) is 11.1 Å². The summed E-state index contributed by atoms with van der Waals surface area (Å²) in [6.45, 7) is -0.239. The number of halogens is 3. The van der Waals surface area contributed by atoms with Gasteiger partial charge in [0.2, 0.25) is 0 Å². The van der Waals surface area contributed by atoms with Gasteiger partial charge in [-0.1, -0.05) is 91.0 Å². The number of amides is 1. The van der Waals surface area contributed by atoms with Crippen molar-refractivity contribution < 1.29 is 22.7 Å². The number of hydrogen-bond donors (Lipinski definition) is 3. The van der Waals surface area contributed by atoms with Gasteiger partial charge in [0.1, 0.15) is 23.6 Å². The number of ether oxygens (including phenoxy) is 1. The predicted molar refractivity (Wildman–Crippen MR) is 164 cm³/mol. The van der Waals surface area contributed by atoms with Crippen LogP contribution in [0.15, 0.2) is 109 Å². The molecule has 2 aromatic heterocycles. The molecule has 46 heavy (non-hydrogen) atoms. The number of hydrogen-bond acceptors (Lipinski definition) is 6. The number of nitrogens with zero attached hydrogens (tertiary/aromatic N) is 5. The third-order valence-electron chi connectivity index (χ3n) is 7.74. The number of alkyl halides is 3. The molecule has 0 saturated heterocycles. The van der Waals surface area contributed by atoms with Crippen molar-refractivity contribution in [2.45, 2.75) is 18.3 Å². The minimum Gasteiger partial charge on any atom is -0.483 e. The van der Waals surface area contributed by atoms with Crippen molar-refractivity contribution in [3.8, 4) is 5.75 Å². The van der Waals surface area contributed by atoms with Gasteiger partial charge in [-0.15, -0.1) is 5.10 Å². The lowest BCUT2D eigenvalue weighted by molar-refractivity contribution is -0.136. The molecule has 0 unspecified atom stereocenters. The molecule has 10 nitrogen and oxygen atoms in total. The van der Waals surface area contributed by atoms with E-state index in [2.05, 4.69) is 20.5 Å². The summed E-state index contributed by atoms with van der Waals surface area (Å²) in [4.78, 5) is 16.4. The number of H-pyrrole nitrogens is 1. The van der Waals surface area contributed by atoms with Crippen LogP contribution in [-0.2, 0) is 18.3 Å². The topological polar surface area (TPSA) is 139 Å². The number of rotatable bonds is 8. The predicted octanol–water partition coefficient (Wildman–Crippen LogP) is 5.56. The molecule has 2 heterocycles. The minimum absolute atomic E-state index is 0.0341. The van der Waals surface area contributed by atoms with E-state index in [1.807, 2.05) is 91.0 Å². The first-order valence-electron chi connectivity index (χ1n) is 14.0. The molecule has 0 spiro atoms. The van der Waals surface area contributed by atoms with E-state index in [1.54, 1.807) is 4.68 Å². The molecular formula is C33H27F3N8O2. The fourth-order valence-corrected chi connectivity index (χ4v) is 5.57. The standard InChI is InChI=1S/C33H27F3N8O2/c1-43(31(37)38)30(45)26-19-24-25(33(34,35)36)17-18-27(29(24)39-26)46-20-28-40-41-42-44(28)32(21-11-5-2-6-12-21,22-13-7-3-8-14-22)23-15-9-4-10-16-23/h2-19,39H,20H2,1H3,(H3,37,38). The highest BCUT2D eigenvalue weighted by Crippen LogP contribution is 2.42. The largest absolute Gasteiger partial charge is 0.483 e. The van der Waals surface area contributed by atoms with Gasteiger partial charge in [-0.2, -0.15) is 13.2 Å². The number of fused-ring (bicyclic) bond motifs is 1. The summed E-state index contributed by atoms with van der Waals surface area (Å²) in [5.74, 6) is -1.04. The summed E-state index contributed by atoms with van der Waals surface area (Å²) in [5.41, 5.74) is 5.74. The molecule has 0 aliphatic heterocycles. The van der Waals surface area contributed by atoms with Crippen LogP contribution in [0.25, 0.3) is 10.9 Å². The Bertz CT molecular complexity index is 1910. The van der Waals surface area contributed by atoms with Crippen molar-refractivity contribution in [2.24, 2.45) is 5.73 Å². The Kier molecular flexibility index (Phi) is 7.74. The highest BCUT2D eigenvalue weighted by atomic mass is 19.4. The second-order valence-electron chi connectivity index (χ2n) is 10.4. The molecule has 0 saturated carbocycles. The van der Waals surface area contributed by atoms with Crippen molar-refractivity contribution >= 4 is 22.8 Å². The van der Waals surface area contributed by atoms with Crippen molar-refractivity contribution in [1.29, 1.82) is 5.41 Å². The maximum atomic E-state index is 14.0. The molecule has 0 atom stereocenters. The van der Waals surface area contributed by atoms with E-state index in [9.17, 15) is 18.0 Å². The Hall–Kier alpha value is -5.98. The van der Waals surface area contributed by atoms with Gasteiger partial charge in [-0.25, -0.2) is 4.68 Å². The summed E-state index contributed by atoms with van der Waals surface area (Å²) in [6.07, 6.45) is -4.71. The zero-order valence-corrected chi connectivity index (χ0v) is 24.4. The first-order chi connectivity index (χ1) is 22.1. The molecule has 6 aromatic rings. The highest BCUT2D eigenvalue weighted by molar-refractivity contribution is 6.06. The average Bonchev–Trinajstić information content (AvgIpc) is 3.73. The Morgan fingerprint density at radius 3 is 1.96 bits per heavy atom. The number of carbonyl (C=O) groups is 1. The number of tetrazole rings is 1. The fourth-order valence-electron chi connectivity index (χ4n) is 5.57. The molecule has 0 aliphatic rings. The zero-order chi connectivity index (χ0) is 32.5. The van der Waals surface area contributed by atoms with Crippen LogP contribution in [0.5, 0.6) is 5.75 Å². The summed E-state index contributed by atoms with van der Waals surface area (Å²) >= 11 is 0. The summed E-state index contributed by atoms with van der Waals surface area (Å²) < 4.78 is 49.7. The van der Waals surface area contributed by atoms with Gasteiger partial charge in [0, 0.05) is 12.4 Å². The Balaban J connectivity index is 1.47. The van der Waals surface area contributed by atoms with Gasteiger partial charge in [0.15, 0.2) is 11.8 Å². The lowest BCUT2D eigenvalue weighted by atomic mass is 9.77. The maximum Gasteiger partial charge on any atom is 0.417 e. The summed E-state index contributed by atoms with van der Waals surface area (Å²) in [5, 5.41) is 20.0. The number of carbonyl (C=O) groups excluding carboxylic acids is 1. The second kappa shape index (κ2) is 11.8. The first-order valence-corrected chi connectivity index (χ1v) is 14.0. The normalized spacial score (nSPS) is 11.8. The van der Waals surface area contributed by atoms with Crippen molar-refractivity contribution in [2.75, 3.05) is 7.05 Å². The van der Waals surface area contributed by atoms with Crippen LogP contribution in [0, 0.1) is 5.41 Å². The second-order valence-corrected chi connectivity index (χ2v) is 10.4. The Labute approximate surface area is 260 Å². The molecule has 6 rings (SSSR count). The smallest absolute Gasteiger partial charge is 0.417 e. The molecule has 0 radical (unpaired) electrons. The van der Waals surface area contributed by atoms with Crippen LogP contribution in [0.1, 0.15) is 38.6 Å². The van der Waals surface area contributed by atoms with Crippen LogP contribution in [-0.4, -0.2) is 49.0 Å². The molecular weight excluding hydrogens is 597 g/mol. The third kappa shape index (κ3) is 5.21. The molecule has 0 bridgehead atoms. The number of nitrogens with one attached hydrogen (secondary N) is 2. The van der Waals surface area contributed by atoms with Crippen LogP contribution in [0.2, 0.25) is 0 Å². The van der Waals surface area contributed by atoms with E-state index in [4.69, 9.17) is 15.9 Å². The van der Waals surface area contributed by atoms with Crippen LogP contribution in [0.4, 0.5) is 13.2 Å². The van der Waals surface area contributed by atoms with Crippen molar-refractivity contribution in [1.82, 2.24) is 30.1 Å². The highest BCUT2D eigenvalue weighted by Gasteiger charge is 2.42. The zero-order valence-electron chi connectivity index (χ0n) is 24.4. The lowest BCUT2D eigenvalue weighted by Gasteiger charge is -2.36. The van der Waals surface area contributed by atoms with E-state index in [0.29, 0.717) is 0 Å². The van der Waals surface area contributed by atoms with Crippen molar-refractivity contribution in [3.63, 3.8) is 0 Å². The van der Waals surface area contributed by atoms with Gasteiger partial charge in [-0.3, -0.25) is 15.1 Å². The fraction of sp³-hybridized carbons (Fsp3) is 0.121. The molecule has 1 amide bonds. The summed E-state index contributed by atoms with van der Waals surface area (Å²) in [7, 11) is 1.25. The van der Waals surface area contributed by atoms with E-state index in [-0.39, 0.29) is 34.8 Å². The summed E-state index contributed by atoms with van der Waals surface area (Å²) in [6, 6.07) is 32.2. The Morgan fingerprint density at radius 1 is 0.913 bits per heavy atom. The quantitative estimate of drug-likeness (QED) is 0.115. The van der Waals surface area contributed by atoms with E-state index >= 15 is 0 Å². The molecule has 4 aromatic carbocycles. The molecule has 0 fully saturated rings. The monoisotopic (exact) mass is 624 g/mol. The van der Waals surface area contributed by atoms with Gasteiger partial charge in [0.25, 0.3) is 5.91 Å². The van der Waals surface area contributed by atoms with Crippen LogP contribution < -0.4 is 10.5 Å².